The van der Waals surface area contributed by atoms with Gasteiger partial charge in [-0.3, -0.25) is 4.55 Å². The minimum absolute atomic E-state index is 0.178. The number of nitrogens with two attached hydrogens (primary N) is 1. The van der Waals surface area contributed by atoms with E-state index in [1.807, 2.05) is 0 Å². The van der Waals surface area contributed by atoms with Crippen LogP contribution in [0.25, 0.3) is 16.7 Å². The Morgan fingerprint density at radius 1 is 1.05 bits per heavy atom. The number of nitrogen functional groups attached to an aromatic ring is 1. The molecule has 3 aromatic rings. The van der Waals surface area contributed by atoms with Gasteiger partial charge in [-0.2, -0.15) is 8.42 Å². The number of benzene rings is 2. The van der Waals surface area contributed by atoms with Crippen molar-refractivity contribution in [1.29, 1.82) is 0 Å². The largest absolute Gasteiger partial charge is 0.506 e. The fourth-order valence-corrected chi connectivity index (χ4v) is 2.37. The van der Waals surface area contributed by atoms with Crippen LogP contribution < -0.4 is 5.73 Å². The fraction of sp³-hybridized carbons (Fsp3) is 0. The van der Waals surface area contributed by atoms with Crippen molar-refractivity contribution in [3.8, 4) is 11.4 Å². The van der Waals surface area contributed by atoms with E-state index in [1.54, 1.807) is 18.2 Å². The van der Waals surface area contributed by atoms with Crippen LogP contribution in [-0.4, -0.2) is 33.1 Å². The van der Waals surface area contributed by atoms with Gasteiger partial charge in [-0.05, 0) is 30.3 Å². The first-order valence-corrected chi connectivity index (χ1v) is 7.22. The summed E-state index contributed by atoms with van der Waals surface area (Å²) in [6, 6.07) is 8.34. The van der Waals surface area contributed by atoms with E-state index >= 15 is 0 Å². The second-order valence-corrected chi connectivity index (χ2v) is 5.78. The second kappa shape index (κ2) is 4.43. The molecule has 0 fully saturated rings. The summed E-state index contributed by atoms with van der Waals surface area (Å²) in [7, 11) is -4.38. The Morgan fingerprint density at radius 2 is 1.76 bits per heavy atom. The average Bonchev–Trinajstić information content (AvgIpc) is 2.80. The van der Waals surface area contributed by atoms with Crippen molar-refractivity contribution < 1.29 is 18.1 Å². The maximum absolute atomic E-state index is 11.0. The zero-order valence-corrected chi connectivity index (χ0v) is 11.3. The van der Waals surface area contributed by atoms with Crippen molar-refractivity contribution in [3.05, 3.63) is 36.4 Å². The van der Waals surface area contributed by atoms with Gasteiger partial charge in [-0.15, -0.1) is 15.0 Å². The Labute approximate surface area is 119 Å². The summed E-state index contributed by atoms with van der Waals surface area (Å²) in [5.41, 5.74) is 7.46. The molecule has 9 heteroatoms. The highest BCUT2D eigenvalue weighted by Crippen LogP contribution is 2.25. The normalized spacial score (nSPS) is 11.9. The number of hydrogen-bond donors (Lipinski definition) is 3. The molecule has 0 aliphatic carbocycles. The van der Waals surface area contributed by atoms with Crippen molar-refractivity contribution in [2.24, 2.45) is 0 Å². The quantitative estimate of drug-likeness (QED) is 0.474. The third-order valence-electron chi connectivity index (χ3n) is 2.86. The number of aromatic nitrogens is 3. The number of aromatic hydroxyl groups is 1. The van der Waals surface area contributed by atoms with E-state index in [-0.39, 0.29) is 11.4 Å². The molecule has 0 unspecified atom stereocenters. The molecular formula is C12H10N4O4S. The van der Waals surface area contributed by atoms with Crippen LogP contribution in [0.4, 0.5) is 5.69 Å². The Morgan fingerprint density at radius 3 is 2.43 bits per heavy atom. The maximum Gasteiger partial charge on any atom is 0.294 e. The fourth-order valence-electron chi connectivity index (χ4n) is 1.87. The lowest BCUT2D eigenvalue weighted by Crippen LogP contribution is -2.02. The van der Waals surface area contributed by atoms with Gasteiger partial charge in [0.15, 0.2) is 0 Å². The maximum atomic E-state index is 11.0. The third-order valence-corrected chi connectivity index (χ3v) is 3.71. The number of rotatable bonds is 2. The van der Waals surface area contributed by atoms with Crippen molar-refractivity contribution in [2.75, 3.05) is 5.73 Å². The Kier molecular flexibility index (Phi) is 2.81. The molecule has 0 bridgehead atoms. The number of nitrogens with zero attached hydrogens (tertiary/aromatic N) is 3. The van der Waals surface area contributed by atoms with Crippen LogP contribution in [-0.2, 0) is 10.1 Å². The lowest BCUT2D eigenvalue weighted by atomic mass is 10.3. The zero-order valence-electron chi connectivity index (χ0n) is 10.5. The predicted octanol–water partition coefficient (Wildman–Crippen LogP) is 0.955. The van der Waals surface area contributed by atoms with Crippen LogP contribution in [0.3, 0.4) is 0 Å². The molecular weight excluding hydrogens is 296 g/mol. The molecule has 0 aliphatic heterocycles. The average molecular weight is 306 g/mol. The molecule has 0 amide bonds. The standard InChI is InChI=1S/C12H10N4O4S/c13-7-1-3-9-10(5-7)15-16(14-9)11-4-2-8(6-12(11)17)21(18,19)20/h1-6,17H,13H2,(H,18,19,20). The van der Waals surface area contributed by atoms with E-state index in [1.165, 1.54) is 6.07 Å². The van der Waals surface area contributed by atoms with E-state index in [4.69, 9.17) is 10.3 Å². The Hall–Kier alpha value is -2.65. The lowest BCUT2D eigenvalue weighted by molar-refractivity contribution is 0.460. The van der Waals surface area contributed by atoms with Crippen LogP contribution in [0.2, 0.25) is 0 Å². The highest BCUT2D eigenvalue weighted by molar-refractivity contribution is 7.85. The zero-order chi connectivity index (χ0) is 15.2. The molecule has 8 nitrogen and oxygen atoms in total. The minimum atomic E-state index is -4.38. The molecule has 3 rings (SSSR count). The molecule has 0 aliphatic rings. The smallest absolute Gasteiger partial charge is 0.294 e. The van der Waals surface area contributed by atoms with Crippen LogP contribution in [0.15, 0.2) is 41.3 Å². The molecule has 21 heavy (non-hydrogen) atoms. The molecule has 0 saturated heterocycles. The molecule has 2 aromatic carbocycles. The van der Waals surface area contributed by atoms with Gasteiger partial charge >= 0.3 is 0 Å². The Bertz CT molecular complexity index is 949. The van der Waals surface area contributed by atoms with E-state index in [0.717, 1.165) is 16.9 Å². The second-order valence-electron chi connectivity index (χ2n) is 4.36. The van der Waals surface area contributed by atoms with Gasteiger partial charge in [0.2, 0.25) is 0 Å². The molecule has 0 radical (unpaired) electrons. The number of phenolic OH excluding ortho intramolecular Hbond substituents is 1. The molecule has 108 valence electrons. The van der Waals surface area contributed by atoms with Gasteiger partial charge in [0.05, 0.1) is 4.90 Å². The number of phenols is 1. The van der Waals surface area contributed by atoms with Crippen molar-refractivity contribution in [1.82, 2.24) is 15.0 Å². The van der Waals surface area contributed by atoms with Gasteiger partial charge in [-0.1, -0.05) is 0 Å². The Balaban J connectivity index is 2.14. The predicted molar refractivity (Wildman–Crippen MR) is 74.8 cm³/mol. The van der Waals surface area contributed by atoms with Gasteiger partial charge in [0.25, 0.3) is 10.1 Å². The van der Waals surface area contributed by atoms with E-state index in [9.17, 15) is 13.5 Å². The van der Waals surface area contributed by atoms with Gasteiger partial charge in [-0.25, -0.2) is 0 Å². The topological polar surface area (TPSA) is 131 Å². The van der Waals surface area contributed by atoms with Crippen molar-refractivity contribution in [2.45, 2.75) is 4.90 Å². The highest BCUT2D eigenvalue weighted by Gasteiger charge is 2.15. The molecule has 0 atom stereocenters. The summed E-state index contributed by atoms with van der Waals surface area (Å²) < 4.78 is 30.9. The van der Waals surface area contributed by atoms with Crippen LogP contribution in [0.1, 0.15) is 0 Å². The van der Waals surface area contributed by atoms with Gasteiger partial charge in [0, 0.05) is 11.8 Å². The van der Waals surface area contributed by atoms with E-state index in [0.29, 0.717) is 16.7 Å². The molecule has 1 aromatic heterocycles. The van der Waals surface area contributed by atoms with Gasteiger partial charge < -0.3 is 10.8 Å². The summed E-state index contributed by atoms with van der Waals surface area (Å²) >= 11 is 0. The summed E-state index contributed by atoms with van der Waals surface area (Å²) in [5, 5.41) is 18.2. The first-order valence-electron chi connectivity index (χ1n) is 5.78. The van der Waals surface area contributed by atoms with Crippen LogP contribution in [0.5, 0.6) is 5.75 Å². The van der Waals surface area contributed by atoms with Crippen molar-refractivity contribution in [3.63, 3.8) is 0 Å². The van der Waals surface area contributed by atoms with Crippen LogP contribution >= 0.6 is 0 Å². The lowest BCUT2D eigenvalue weighted by Gasteiger charge is -2.04. The van der Waals surface area contributed by atoms with E-state index < -0.39 is 15.0 Å². The molecule has 0 spiro atoms. The highest BCUT2D eigenvalue weighted by atomic mass is 32.2. The molecule has 0 saturated carbocycles. The van der Waals surface area contributed by atoms with Gasteiger partial charge in [0.1, 0.15) is 22.5 Å². The monoisotopic (exact) mass is 306 g/mol. The first-order chi connectivity index (χ1) is 9.84. The third kappa shape index (κ3) is 2.39. The van der Waals surface area contributed by atoms with Crippen molar-refractivity contribution >= 4 is 26.8 Å². The summed E-state index contributed by atoms with van der Waals surface area (Å²) in [5.74, 6) is -0.376. The number of hydrogen-bond acceptors (Lipinski definition) is 6. The molecule has 4 N–H and O–H groups in total. The number of fused-ring (bicyclic) bond motifs is 1. The van der Waals surface area contributed by atoms with E-state index in [2.05, 4.69) is 10.2 Å². The summed E-state index contributed by atoms with van der Waals surface area (Å²) in [6.07, 6.45) is 0. The summed E-state index contributed by atoms with van der Waals surface area (Å²) in [4.78, 5) is 0.748. The molecule has 1 heterocycles. The minimum Gasteiger partial charge on any atom is -0.506 e. The number of anilines is 1. The first kappa shape index (κ1) is 13.3. The van der Waals surface area contributed by atoms with Crippen LogP contribution in [0, 0.1) is 0 Å². The SMILES string of the molecule is Nc1ccc2nn(-c3ccc(S(=O)(=O)O)cc3O)nc2c1. The summed E-state index contributed by atoms with van der Waals surface area (Å²) in [6.45, 7) is 0.